The molecule has 1 N–H and O–H groups in total. The van der Waals surface area contributed by atoms with Gasteiger partial charge in [0.25, 0.3) is 5.56 Å². The molecule has 1 aromatic carbocycles. The first kappa shape index (κ1) is 18.3. The van der Waals surface area contributed by atoms with Gasteiger partial charge in [0, 0.05) is 31.3 Å². The Morgan fingerprint density at radius 3 is 2.65 bits per heavy atom. The minimum atomic E-state index is -3.65. The zero-order chi connectivity index (χ0) is 18.7. The first-order chi connectivity index (χ1) is 12.4. The lowest BCUT2D eigenvalue weighted by molar-refractivity contribution is -0.144. The highest BCUT2D eigenvalue weighted by Gasteiger charge is 2.36. The first-order valence-corrected chi connectivity index (χ1v) is 9.69. The summed E-state index contributed by atoms with van der Waals surface area (Å²) in [4.78, 5) is 26.1. The lowest BCUT2D eigenvalue weighted by Crippen LogP contribution is -2.30. The molecule has 2 aromatic rings. The molecule has 2 heterocycles. The van der Waals surface area contributed by atoms with Crippen LogP contribution in [-0.4, -0.2) is 43.9 Å². The fourth-order valence-electron chi connectivity index (χ4n) is 3.05. The van der Waals surface area contributed by atoms with E-state index >= 15 is 0 Å². The van der Waals surface area contributed by atoms with E-state index < -0.39 is 15.9 Å². The monoisotopic (exact) mass is 376 g/mol. The normalized spacial score (nSPS) is 18.0. The summed E-state index contributed by atoms with van der Waals surface area (Å²) in [7, 11) is -2.35. The van der Waals surface area contributed by atoms with E-state index in [4.69, 9.17) is 4.74 Å². The van der Waals surface area contributed by atoms with E-state index in [-0.39, 0.29) is 23.0 Å². The van der Waals surface area contributed by atoms with Gasteiger partial charge in [-0.05, 0) is 30.2 Å². The molecule has 3 rings (SSSR count). The van der Waals surface area contributed by atoms with Crippen LogP contribution in [0.4, 0.5) is 0 Å². The largest absolute Gasteiger partial charge is 0.469 e. The van der Waals surface area contributed by atoms with Crippen molar-refractivity contribution in [1.82, 2.24) is 9.29 Å². The van der Waals surface area contributed by atoms with Crippen molar-refractivity contribution in [3.05, 3.63) is 64.1 Å². The zero-order valence-electron chi connectivity index (χ0n) is 14.3. The van der Waals surface area contributed by atoms with Crippen LogP contribution in [0.3, 0.4) is 0 Å². The summed E-state index contributed by atoms with van der Waals surface area (Å²) >= 11 is 0. The Hall–Kier alpha value is -2.45. The number of hydrogen-bond acceptors (Lipinski definition) is 5. The fourth-order valence-corrected chi connectivity index (χ4v) is 4.55. The molecule has 0 spiro atoms. The summed E-state index contributed by atoms with van der Waals surface area (Å²) in [5.41, 5.74) is 1.30. The van der Waals surface area contributed by atoms with Crippen LogP contribution in [-0.2, 0) is 26.0 Å². The summed E-state index contributed by atoms with van der Waals surface area (Å²) in [6.07, 6.45) is 2.45. The van der Waals surface area contributed by atoms with Crippen molar-refractivity contribution in [2.75, 3.05) is 20.2 Å². The van der Waals surface area contributed by atoms with Crippen molar-refractivity contribution in [3.63, 3.8) is 0 Å². The van der Waals surface area contributed by atoms with Crippen LogP contribution >= 0.6 is 0 Å². The molecule has 1 aliphatic heterocycles. The lowest BCUT2D eigenvalue weighted by atomic mass is 10.1. The Balaban J connectivity index is 1.74. The van der Waals surface area contributed by atoms with E-state index in [1.807, 2.05) is 0 Å². The molecule has 1 atom stereocenters. The number of aromatic nitrogens is 1. The smallest absolute Gasteiger partial charge is 0.310 e. The number of rotatable bonds is 5. The Morgan fingerprint density at radius 1 is 1.27 bits per heavy atom. The summed E-state index contributed by atoms with van der Waals surface area (Å²) in [5, 5.41) is 0. The van der Waals surface area contributed by atoms with Gasteiger partial charge in [0.15, 0.2) is 0 Å². The molecule has 0 aliphatic carbocycles. The van der Waals surface area contributed by atoms with Gasteiger partial charge in [0.05, 0.1) is 17.9 Å². The van der Waals surface area contributed by atoms with Crippen molar-refractivity contribution >= 4 is 16.0 Å². The number of ether oxygens (including phenoxy) is 1. The van der Waals surface area contributed by atoms with Crippen molar-refractivity contribution in [3.8, 4) is 0 Å². The highest BCUT2D eigenvalue weighted by atomic mass is 32.2. The number of methoxy groups -OCH3 is 1. The highest BCUT2D eigenvalue weighted by molar-refractivity contribution is 7.89. The molecule has 1 aromatic heterocycles. The highest BCUT2D eigenvalue weighted by Crippen LogP contribution is 2.25. The van der Waals surface area contributed by atoms with Gasteiger partial charge in [0.1, 0.15) is 0 Å². The van der Waals surface area contributed by atoms with Gasteiger partial charge < -0.3 is 9.72 Å². The number of carbonyl (C=O) groups excluding carboxylic acids is 1. The van der Waals surface area contributed by atoms with E-state index in [0.717, 1.165) is 5.56 Å². The molecule has 0 radical (unpaired) electrons. The van der Waals surface area contributed by atoms with Crippen LogP contribution in [0, 0.1) is 5.92 Å². The number of nitrogens with one attached hydrogen (secondary N) is 1. The number of sulfonamides is 1. The Bertz CT molecular complexity index is 950. The number of hydrogen-bond donors (Lipinski definition) is 1. The van der Waals surface area contributed by atoms with E-state index in [9.17, 15) is 18.0 Å². The summed E-state index contributed by atoms with van der Waals surface area (Å²) in [6.45, 7) is 0.430. The first-order valence-electron chi connectivity index (χ1n) is 8.25. The number of aromatic amines is 1. The maximum absolute atomic E-state index is 12.7. The average molecular weight is 376 g/mol. The molecule has 8 heteroatoms. The third kappa shape index (κ3) is 3.71. The molecule has 26 heavy (non-hydrogen) atoms. The summed E-state index contributed by atoms with van der Waals surface area (Å²) < 4.78 is 31.5. The van der Waals surface area contributed by atoms with Crippen molar-refractivity contribution in [1.29, 1.82) is 0 Å². The summed E-state index contributed by atoms with van der Waals surface area (Å²) in [5.74, 6) is -0.801. The molecule has 1 fully saturated rings. The van der Waals surface area contributed by atoms with Crippen LogP contribution in [0.15, 0.2) is 52.3 Å². The number of nitrogens with zero attached hydrogens (tertiary/aromatic N) is 1. The standard InChI is InChI=1S/C18H20N2O5S/c1-25-18(22)15-8-10-20(12-15)26(23,24)16-6-4-13(5-7-16)11-14-3-2-9-19-17(14)21/h2-7,9,15H,8,10-12H2,1H3,(H,19,21). The molecular weight excluding hydrogens is 356 g/mol. The van der Waals surface area contributed by atoms with Gasteiger partial charge in [0.2, 0.25) is 10.0 Å². The molecule has 0 amide bonds. The van der Waals surface area contributed by atoms with Gasteiger partial charge in [-0.2, -0.15) is 4.31 Å². The predicted octanol–water partition coefficient (Wildman–Crippen LogP) is 1.15. The van der Waals surface area contributed by atoms with Gasteiger partial charge >= 0.3 is 5.97 Å². The Kier molecular flexibility index (Phi) is 5.24. The molecule has 138 valence electrons. The van der Waals surface area contributed by atoms with Crippen molar-refractivity contribution < 1.29 is 17.9 Å². The molecule has 7 nitrogen and oxygen atoms in total. The van der Waals surface area contributed by atoms with E-state index in [0.29, 0.717) is 24.9 Å². The van der Waals surface area contributed by atoms with Crippen molar-refractivity contribution in [2.24, 2.45) is 5.92 Å². The van der Waals surface area contributed by atoms with Crippen LogP contribution in [0.2, 0.25) is 0 Å². The molecule has 0 bridgehead atoms. The van der Waals surface area contributed by atoms with E-state index in [2.05, 4.69) is 4.98 Å². The number of esters is 1. The van der Waals surface area contributed by atoms with E-state index in [1.54, 1.807) is 30.5 Å². The van der Waals surface area contributed by atoms with E-state index in [1.165, 1.54) is 23.5 Å². The molecular formula is C18H20N2O5S. The Morgan fingerprint density at radius 2 is 2.00 bits per heavy atom. The minimum absolute atomic E-state index is 0.135. The zero-order valence-corrected chi connectivity index (χ0v) is 15.2. The third-order valence-electron chi connectivity index (χ3n) is 4.54. The minimum Gasteiger partial charge on any atom is -0.469 e. The molecule has 1 aliphatic rings. The maximum Gasteiger partial charge on any atom is 0.310 e. The number of carbonyl (C=O) groups is 1. The van der Waals surface area contributed by atoms with Crippen LogP contribution in [0.25, 0.3) is 0 Å². The summed E-state index contributed by atoms with van der Waals surface area (Å²) in [6, 6.07) is 9.96. The quantitative estimate of drug-likeness (QED) is 0.790. The molecule has 1 saturated heterocycles. The van der Waals surface area contributed by atoms with Crippen LogP contribution in [0.5, 0.6) is 0 Å². The topological polar surface area (TPSA) is 96.5 Å². The van der Waals surface area contributed by atoms with Crippen LogP contribution in [0.1, 0.15) is 17.5 Å². The number of H-pyrrole nitrogens is 1. The Labute approximate surface area is 151 Å². The second-order valence-corrected chi connectivity index (χ2v) is 8.15. The predicted molar refractivity (Wildman–Crippen MR) is 95.2 cm³/mol. The fraction of sp³-hybridized carbons (Fsp3) is 0.333. The van der Waals surface area contributed by atoms with Gasteiger partial charge in [-0.15, -0.1) is 0 Å². The number of benzene rings is 1. The van der Waals surface area contributed by atoms with Crippen LogP contribution < -0.4 is 5.56 Å². The maximum atomic E-state index is 12.7. The van der Waals surface area contributed by atoms with Gasteiger partial charge in [-0.3, -0.25) is 9.59 Å². The van der Waals surface area contributed by atoms with Gasteiger partial charge in [-0.1, -0.05) is 18.2 Å². The molecule has 0 saturated carbocycles. The number of pyridine rings is 1. The second kappa shape index (κ2) is 7.43. The second-order valence-electron chi connectivity index (χ2n) is 6.22. The SMILES string of the molecule is COC(=O)C1CCN(S(=O)(=O)c2ccc(Cc3ccc[nH]c3=O)cc2)C1. The average Bonchev–Trinajstić information content (AvgIpc) is 3.14. The molecule has 1 unspecified atom stereocenters. The third-order valence-corrected chi connectivity index (χ3v) is 6.42. The van der Waals surface area contributed by atoms with Gasteiger partial charge in [-0.25, -0.2) is 8.42 Å². The lowest BCUT2D eigenvalue weighted by Gasteiger charge is -2.16. The van der Waals surface area contributed by atoms with Crippen molar-refractivity contribution in [2.45, 2.75) is 17.7 Å².